The Morgan fingerprint density at radius 3 is 2.50 bits per heavy atom. The summed E-state index contributed by atoms with van der Waals surface area (Å²) >= 11 is 0. The first-order valence-electron chi connectivity index (χ1n) is 9.25. The van der Waals surface area contributed by atoms with E-state index in [0.717, 1.165) is 19.4 Å². The lowest BCUT2D eigenvalue weighted by molar-refractivity contribution is -0.117. The highest BCUT2D eigenvalue weighted by molar-refractivity contribution is 5.98. The Hall–Kier alpha value is -3.19. The number of aromatic amines is 1. The van der Waals surface area contributed by atoms with Gasteiger partial charge in [0.05, 0.1) is 11.7 Å². The number of carbonyl (C=O) groups is 2. The van der Waals surface area contributed by atoms with E-state index in [4.69, 9.17) is 0 Å². The van der Waals surface area contributed by atoms with Gasteiger partial charge in [0.2, 0.25) is 11.8 Å². The lowest BCUT2D eigenvalue weighted by Crippen LogP contribution is -2.35. The summed E-state index contributed by atoms with van der Waals surface area (Å²) in [5.74, 6) is -0.633. The molecule has 7 heteroatoms. The minimum absolute atomic E-state index is 0.0958. The van der Waals surface area contributed by atoms with Gasteiger partial charge < -0.3 is 20.9 Å². The number of anilines is 2. The van der Waals surface area contributed by atoms with Crippen molar-refractivity contribution in [1.29, 1.82) is 0 Å². The van der Waals surface area contributed by atoms with Crippen LogP contribution in [-0.2, 0) is 9.59 Å². The topological polar surface area (TPSA) is 86.0 Å². The van der Waals surface area contributed by atoms with Crippen molar-refractivity contribution in [3.63, 3.8) is 0 Å². The van der Waals surface area contributed by atoms with Gasteiger partial charge in [-0.25, -0.2) is 4.39 Å². The summed E-state index contributed by atoms with van der Waals surface area (Å²) in [6.45, 7) is 2.28. The molecule has 1 saturated heterocycles. The molecular formula is C21H21FN4O2. The van der Waals surface area contributed by atoms with Crippen LogP contribution < -0.4 is 16.0 Å². The molecule has 2 heterocycles. The van der Waals surface area contributed by atoms with Gasteiger partial charge in [-0.3, -0.25) is 9.59 Å². The monoisotopic (exact) mass is 380 g/mol. The van der Waals surface area contributed by atoms with Crippen LogP contribution in [0, 0.1) is 5.82 Å². The smallest absolute Gasteiger partial charge is 0.241 e. The minimum atomic E-state index is -0.377. The summed E-state index contributed by atoms with van der Waals surface area (Å²) in [5, 5.41) is 9.10. The molecule has 4 N–H and O–H groups in total. The van der Waals surface area contributed by atoms with E-state index in [1.165, 1.54) is 6.92 Å². The molecule has 0 saturated carbocycles. The first kappa shape index (κ1) is 18.2. The van der Waals surface area contributed by atoms with Gasteiger partial charge >= 0.3 is 0 Å². The van der Waals surface area contributed by atoms with Crippen molar-refractivity contribution in [2.75, 3.05) is 17.2 Å². The fourth-order valence-corrected chi connectivity index (χ4v) is 3.50. The SMILES string of the molecule is CC(=O)Nc1ccc(-c2[nH]c3ccc(NC(=O)[C@@H]4CCCN4)cc3c2F)cc1. The van der Waals surface area contributed by atoms with Crippen molar-refractivity contribution in [2.45, 2.75) is 25.8 Å². The van der Waals surface area contributed by atoms with Crippen LogP contribution in [-0.4, -0.2) is 29.4 Å². The number of hydrogen-bond donors (Lipinski definition) is 4. The van der Waals surface area contributed by atoms with Crippen molar-refractivity contribution in [3.8, 4) is 11.3 Å². The summed E-state index contributed by atoms with van der Waals surface area (Å²) in [6.07, 6.45) is 1.79. The number of fused-ring (bicyclic) bond motifs is 1. The fourth-order valence-electron chi connectivity index (χ4n) is 3.50. The van der Waals surface area contributed by atoms with E-state index in [0.29, 0.717) is 33.5 Å². The number of halogens is 1. The molecule has 28 heavy (non-hydrogen) atoms. The van der Waals surface area contributed by atoms with Crippen LogP contribution in [0.4, 0.5) is 15.8 Å². The zero-order chi connectivity index (χ0) is 19.7. The largest absolute Gasteiger partial charge is 0.352 e. The molecule has 3 aromatic rings. The van der Waals surface area contributed by atoms with Crippen LogP contribution in [0.25, 0.3) is 22.2 Å². The molecule has 6 nitrogen and oxygen atoms in total. The number of rotatable bonds is 4. The van der Waals surface area contributed by atoms with E-state index in [2.05, 4.69) is 20.9 Å². The van der Waals surface area contributed by atoms with Crippen molar-refractivity contribution >= 4 is 34.1 Å². The Kier molecular flexibility index (Phi) is 4.83. The van der Waals surface area contributed by atoms with E-state index < -0.39 is 0 Å². The second-order valence-electron chi connectivity index (χ2n) is 6.97. The number of amides is 2. The second kappa shape index (κ2) is 7.44. The second-order valence-corrected chi connectivity index (χ2v) is 6.97. The van der Waals surface area contributed by atoms with Gasteiger partial charge in [-0.05, 0) is 49.7 Å². The average Bonchev–Trinajstić information content (AvgIpc) is 3.31. The predicted molar refractivity (Wildman–Crippen MR) is 108 cm³/mol. The third-order valence-corrected chi connectivity index (χ3v) is 4.87. The zero-order valence-corrected chi connectivity index (χ0v) is 15.4. The molecular weight excluding hydrogens is 359 g/mol. The maximum atomic E-state index is 15.0. The highest BCUT2D eigenvalue weighted by atomic mass is 19.1. The molecule has 2 aromatic carbocycles. The van der Waals surface area contributed by atoms with Crippen LogP contribution in [0.2, 0.25) is 0 Å². The Morgan fingerprint density at radius 1 is 1.07 bits per heavy atom. The summed E-state index contributed by atoms with van der Waals surface area (Å²) in [7, 11) is 0. The number of nitrogens with one attached hydrogen (secondary N) is 4. The quantitative estimate of drug-likeness (QED) is 0.558. The van der Waals surface area contributed by atoms with Gasteiger partial charge in [0, 0.05) is 34.8 Å². The van der Waals surface area contributed by atoms with Crippen LogP contribution in [0.15, 0.2) is 42.5 Å². The first-order chi connectivity index (χ1) is 13.5. The lowest BCUT2D eigenvalue weighted by atomic mass is 10.1. The summed E-state index contributed by atoms with van der Waals surface area (Å²) in [5.41, 5.74) is 2.90. The molecule has 1 aromatic heterocycles. The van der Waals surface area contributed by atoms with Crippen molar-refractivity contribution in [1.82, 2.24) is 10.3 Å². The molecule has 2 amide bonds. The molecule has 1 atom stereocenters. The summed E-state index contributed by atoms with van der Waals surface area (Å²) in [6, 6.07) is 11.9. The molecule has 0 spiro atoms. The standard InChI is InChI=1S/C21H21FN4O2/c1-12(27)24-14-6-4-13(5-7-14)20-19(22)16-11-15(8-9-17(16)26-20)25-21(28)18-3-2-10-23-18/h4-9,11,18,23,26H,2-3,10H2,1H3,(H,24,27)(H,25,28)/t18-/m0/s1. The molecule has 0 bridgehead atoms. The van der Waals surface area contributed by atoms with Crippen LogP contribution in [0.1, 0.15) is 19.8 Å². The predicted octanol–water partition coefficient (Wildman–Crippen LogP) is 3.62. The molecule has 0 radical (unpaired) electrons. The van der Waals surface area contributed by atoms with Gasteiger partial charge in [-0.2, -0.15) is 0 Å². The first-order valence-corrected chi connectivity index (χ1v) is 9.25. The van der Waals surface area contributed by atoms with Gasteiger partial charge in [-0.1, -0.05) is 12.1 Å². The van der Waals surface area contributed by atoms with Gasteiger partial charge in [0.1, 0.15) is 0 Å². The van der Waals surface area contributed by atoms with Crippen LogP contribution in [0.5, 0.6) is 0 Å². The highest BCUT2D eigenvalue weighted by Crippen LogP contribution is 2.31. The maximum Gasteiger partial charge on any atom is 0.241 e. The van der Waals surface area contributed by atoms with Crippen molar-refractivity contribution < 1.29 is 14.0 Å². The zero-order valence-electron chi connectivity index (χ0n) is 15.4. The Labute approximate surface area is 161 Å². The molecule has 1 aliphatic rings. The van der Waals surface area contributed by atoms with Gasteiger partial charge in [0.15, 0.2) is 5.82 Å². The van der Waals surface area contributed by atoms with Gasteiger partial charge in [-0.15, -0.1) is 0 Å². The van der Waals surface area contributed by atoms with E-state index in [1.807, 2.05) is 0 Å². The number of hydrogen-bond acceptors (Lipinski definition) is 3. The summed E-state index contributed by atoms with van der Waals surface area (Å²) in [4.78, 5) is 26.5. The highest BCUT2D eigenvalue weighted by Gasteiger charge is 2.22. The molecule has 1 fully saturated rings. The maximum absolute atomic E-state index is 15.0. The molecule has 4 rings (SSSR count). The molecule has 0 unspecified atom stereocenters. The number of aromatic nitrogens is 1. The number of H-pyrrole nitrogens is 1. The third kappa shape index (κ3) is 3.61. The van der Waals surface area contributed by atoms with Crippen LogP contribution >= 0.6 is 0 Å². The van der Waals surface area contributed by atoms with Crippen molar-refractivity contribution in [2.24, 2.45) is 0 Å². The van der Waals surface area contributed by atoms with Crippen molar-refractivity contribution in [3.05, 3.63) is 48.3 Å². The third-order valence-electron chi connectivity index (χ3n) is 4.87. The van der Waals surface area contributed by atoms with E-state index in [-0.39, 0.29) is 23.7 Å². The Balaban J connectivity index is 1.59. The van der Waals surface area contributed by atoms with E-state index in [9.17, 15) is 9.59 Å². The number of carbonyl (C=O) groups excluding carboxylic acids is 2. The normalized spacial score (nSPS) is 16.3. The molecule has 144 valence electrons. The van der Waals surface area contributed by atoms with Crippen LogP contribution in [0.3, 0.4) is 0 Å². The summed E-state index contributed by atoms with van der Waals surface area (Å²) < 4.78 is 15.0. The molecule has 0 aliphatic carbocycles. The van der Waals surface area contributed by atoms with Gasteiger partial charge in [0.25, 0.3) is 0 Å². The van der Waals surface area contributed by atoms with E-state index >= 15 is 4.39 Å². The molecule has 1 aliphatic heterocycles. The minimum Gasteiger partial charge on any atom is -0.352 e. The van der Waals surface area contributed by atoms with E-state index in [1.54, 1.807) is 42.5 Å². The lowest BCUT2D eigenvalue weighted by Gasteiger charge is -2.11. The Bertz CT molecular complexity index is 1040. The average molecular weight is 380 g/mol. The fraction of sp³-hybridized carbons (Fsp3) is 0.238. The number of benzene rings is 2. The Morgan fingerprint density at radius 2 is 1.82 bits per heavy atom.